The Morgan fingerprint density at radius 1 is 1.33 bits per heavy atom. The van der Waals surface area contributed by atoms with Crippen LogP contribution in [0.25, 0.3) is 0 Å². The summed E-state index contributed by atoms with van der Waals surface area (Å²) in [6.07, 6.45) is 2.90. The van der Waals surface area contributed by atoms with Crippen LogP contribution in [0.4, 0.5) is 0 Å². The van der Waals surface area contributed by atoms with Crippen molar-refractivity contribution in [3.63, 3.8) is 0 Å². The van der Waals surface area contributed by atoms with Gasteiger partial charge in [-0.1, -0.05) is 37.6 Å². The molecule has 18 heavy (non-hydrogen) atoms. The molecule has 0 aliphatic heterocycles. The summed E-state index contributed by atoms with van der Waals surface area (Å²) in [4.78, 5) is 34.8. The van der Waals surface area contributed by atoms with Crippen LogP contribution < -0.4 is 0 Å². The van der Waals surface area contributed by atoms with E-state index in [0.29, 0.717) is 18.4 Å². The lowest BCUT2D eigenvalue weighted by molar-refractivity contribution is -0.117. The lowest BCUT2D eigenvalue weighted by Crippen LogP contribution is -2.38. The second kappa shape index (κ2) is 4.84. The molecule has 0 amide bonds. The monoisotopic (exact) mass is 244 g/mol. The highest BCUT2D eigenvalue weighted by Crippen LogP contribution is 2.43. The van der Waals surface area contributed by atoms with E-state index in [0.717, 1.165) is 18.1 Å². The van der Waals surface area contributed by atoms with Gasteiger partial charge in [0.1, 0.15) is 12.6 Å². The highest BCUT2D eigenvalue weighted by atomic mass is 16.1. The van der Waals surface area contributed by atoms with Crippen molar-refractivity contribution in [2.24, 2.45) is 11.3 Å². The van der Waals surface area contributed by atoms with E-state index in [1.165, 1.54) is 0 Å². The van der Waals surface area contributed by atoms with Gasteiger partial charge in [0, 0.05) is 12.0 Å². The van der Waals surface area contributed by atoms with Gasteiger partial charge in [-0.2, -0.15) is 0 Å². The van der Waals surface area contributed by atoms with E-state index in [-0.39, 0.29) is 18.1 Å². The van der Waals surface area contributed by atoms with E-state index >= 15 is 0 Å². The zero-order chi connectivity index (χ0) is 13.2. The van der Waals surface area contributed by atoms with E-state index in [1.54, 1.807) is 12.1 Å². The SMILES string of the molecule is CCC(CC=O)C1(C=O)Cc2ccccc2C1=O. The highest BCUT2D eigenvalue weighted by Gasteiger charge is 2.49. The van der Waals surface area contributed by atoms with Gasteiger partial charge in [0.15, 0.2) is 5.78 Å². The maximum atomic E-state index is 12.5. The van der Waals surface area contributed by atoms with Crippen LogP contribution in [0.2, 0.25) is 0 Å². The maximum absolute atomic E-state index is 12.5. The number of ketones is 1. The van der Waals surface area contributed by atoms with Crippen molar-refractivity contribution in [1.82, 2.24) is 0 Å². The van der Waals surface area contributed by atoms with Crippen molar-refractivity contribution in [2.75, 3.05) is 0 Å². The molecular formula is C15H16O3. The van der Waals surface area contributed by atoms with E-state index in [4.69, 9.17) is 0 Å². The Morgan fingerprint density at radius 2 is 2.06 bits per heavy atom. The van der Waals surface area contributed by atoms with Gasteiger partial charge in [-0.3, -0.25) is 4.79 Å². The molecule has 0 N–H and O–H groups in total. The molecule has 2 atom stereocenters. The van der Waals surface area contributed by atoms with Gasteiger partial charge in [0.25, 0.3) is 0 Å². The fourth-order valence-electron chi connectivity index (χ4n) is 2.92. The Labute approximate surface area is 106 Å². The Kier molecular flexibility index (Phi) is 3.41. The number of carbonyl (C=O) groups excluding carboxylic acids is 3. The zero-order valence-electron chi connectivity index (χ0n) is 10.4. The summed E-state index contributed by atoms with van der Waals surface area (Å²) >= 11 is 0. The van der Waals surface area contributed by atoms with Crippen LogP contribution in [0.5, 0.6) is 0 Å². The first-order valence-corrected chi connectivity index (χ1v) is 6.22. The molecule has 2 unspecified atom stereocenters. The van der Waals surface area contributed by atoms with Crippen molar-refractivity contribution in [3.8, 4) is 0 Å². The Hall–Kier alpha value is -1.77. The number of carbonyl (C=O) groups is 3. The first-order chi connectivity index (χ1) is 8.69. The van der Waals surface area contributed by atoms with Gasteiger partial charge in [-0.25, -0.2) is 0 Å². The van der Waals surface area contributed by atoms with E-state index in [2.05, 4.69) is 0 Å². The number of hydrogen-bond donors (Lipinski definition) is 0. The number of benzene rings is 1. The standard InChI is InChI=1S/C15H16O3/c1-2-12(7-8-16)15(10-17)9-11-5-3-4-6-13(11)14(15)18/h3-6,8,10,12H,2,7,9H2,1H3. The second-order valence-corrected chi connectivity index (χ2v) is 4.83. The molecule has 1 aromatic carbocycles. The van der Waals surface area contributed by atoms with E-state index < -0.39 is 5.41 Å². The summed E-state index contributed by atoms with van der Waals surface area (Å²) in [5, 5.41) is 0. The topological polar surface area (TPSA) is 51.2 Å². The molecule has 0 radical (unpaired) electrons. The maximum Gasteiger partial charge on any atom is 0.176 e. The zero-order valence-corrected chi connectivity index (χ0v) is 10.4. The minimum Gasteiger partial charge on any atom is -0.303 e. The van der Waals surface area contributed by atoms with Gasteiger partial charge < -0.3 is 9.59 Å². The van der Waals surface area contributed by atoms with Gasteiger partial charge in [0.05, 0.1) is 5.41 Å². The van der Waals surface area contributed by atoms with Crippen molar-refractivity contribution in [3.05, 3.63) is 35.4 Å². The van der Waals surface area contributed by atoms with Crippen LogP contribution in [0.1, 0.15) is 35.7 Å². The number of rotatable bonds is 5. The molecule has 0 spiro atoms. The summed E-state index contributed by atoms with van der Waals surface area (Å²) < 4.78 is 0. The Balaban J connectivity index is 2.46. The van der Waals surface area contributed by atoms with Gasteiger partial charge >= 0.3 is 0 Å². The molecule has 0 heterocycles. The third-order valence-corrected chi connectivity index (χ3v) is 3.98. The Bertz CT molecular complexity index is 492. The van der Waals surface area contributed by atoms with Crippen molar-refractivity contribution in [2.45, 2.75) is 26.2 Å². The van der Waals surface area contributed by atoms with Crippen molar-refractivity contribution >= 4 is 18.4 Å². The molecule has 0 aromatic heterocycles. The van der Waals surface area contributed by atoms with Crippen LogP contribution >= 0.6 is 0 Å². The summed E-state index contributed by atoms with van der Waals surface area (Å²) in [7, 11) is 0. The molecule has 2 rings (SSSR count). The summed E-state index contributed by atoms with van der Waals surface area (Å²) in [6, 6.07) is 7.31. The third kappa shape index (κ3) is 1.70. The smallest absolute Gasteiger partial charge is 0.176 e. The molecule has 0 saturated carbocycles. The predicted octanol–water partition coefficient (Wildman–Crippen LogP) is 2.23. The van der Waals surface area contributed by atoms with Gasteiger partial charge in [-0.05, 0) is 17.9 Å². The molecule has 3 nitrogen and oxygen atoms in total. The molecule has 1 aliphatic carbocycles. The minimum absolute atomic E-state index is 0.123. The van der Waals surface area contributed by atoms with Gasteiger partial charge in [0.2, 0.25) is 0 Å². The number of Topliss-reactive ketones (excluding diaryl/α,β-unsaturated/α-hetero) is 1. The van der Waals surface area contributed by atoms with Gasteiger partial charge in [-0.15, -0.1) is 0 Å². The molecule has 0 saturated heterocycles. The number of fused-ring (bicyclic) bond motifs is 1. The van der Waals surface area contributed by atoms with Crippen LogP contribution in [0, 0.1) is 11.3 Å². The average molecular weight is 244 g/mol. The summed E-state index contributed by atoms with van der Waals surface area (Å²) in [5.41, 5.74) is 0.521. The fourth-order valence-corrected chi connectivity index (χ4v) is 2.92. The second-order valence-electron chi connectivity index (χ2n) is 4.83. The minimum atomic E-state index is -1.03. The largest absolute Gasteiger partial charge is 0.303 e. The number of aldehydes is 2. The third-order valence-electron chi connectivity index (χ3n) is 3.98. The first-order valence-electron chi connectivity index (χ1n) is 6.22. The lowest BCUT2D eigenvalue weighted by atomic mass is 9.71. The lowest BCUT2D eigenvalue weighted by Gasteiger charge is -2.28. The molecule has 3 heteroatoms. The van der Waals surface area contributed by atoms with Crippen molar-refractivity contribution < 1.29 is 14.4 Å². The van der Waals surface area contributed by atoms with Crippen molar-refractivity contribution in [1.29, 1.82) is 0 Å². The van der Waals surface area contributed by atoms with E-state index in [1.807, 2.05) is 19.1 Å². The predicted molar refractivity (Wildman–Crippen MR) is 67.4 cm³/mol. The number of hydrogen-bond acceptors (Lipinski definition) is 3. The molecule has 0 fully saturated rings. The normalized spacial score (nSPS) is 23.5. The Morgan fingerprint density at radius 3 is 2.61 bits per heavy atom. The van der Waals surface area contributed by atoms with E-state index in [9.17, 15) is 14.4 Å². The van der Waals surface area contributed by atoms with Crippen LogP contribution in [0.15, 0.2) is 24.3 Å². The quantitative estimate of drug-likeness (QED) is 0.589. The molecular weight excluding hydrogens is 228 g/mol. The van der Waals surface area contributed by atoms with Crippen LogP contribution in [-0.2, 0) is 16.0 Å². The molecule has 1 aromatic rings. The highest BCUT2D eigenvalue weighted by molar-refractivity contribution is 6.13. The molecule has 94 valence electrons. The van der Waals surface area contributed by atoms with Crippen LogP contribution in [-0.4, -0.2) is 18.4 Å². The first kappa shape index (κ1) is 12.7. The fraction of sp³-hybridized carbons (Fsp3) is 0.400. The average Bonchev–Trinajstić information content (AvgIpc) is 2.70. The molecule has 0 bridgehead atoms. The summed E-state index contributed by atoms with van der Waals surface area (Å²) in [5.74, 6) is -0.325. The van der Waals surface area contributed by atoms with Crippen LogP contribution in [0.3, 0.4) is 0 Å². The summed E-state index contributed by atoms with van der Waals surface area (Å²) in [6.45, 7) is 1.91. The molecule has 1 aliphatic rings.